The van der Waals surface area contributed by atoms with Crippen LogP contribution in [0.3, 0.4) is 0 Å². The molecule has 1 fully saturated rings. The van der Waals surface area contributed by atoms with E-state index < -0.39 is 0 Å². The number of carbonyl (C=O) groups is 2. The third-order valence-corrected chi connectivity index (χ3v) is 6.25. The number of rotatable bonds is 3. The van der Waals surface area contributed by atoms with Crippen molar-refractivity contribution in [3.05, 3.63) is 31.4 Å². The van der Waals surface area contributed by atoms with Gasteiger partial charge in [-0.3, -0.25) is 9.59 Å². The molecule has 1 saturated heterocycles. The first kappa shape index (κ1) is 17.7. The summed E-state index contributed by atoms with van der Waals surface area (Å²) in [6.45, 7) is 2.94. The molecule has 24 heavy (non-hydrogen) atoms. The van der Waals surface area contributed by atoms with Crippen molar-refractivity contribution >= 4 is 62.8 Å². The SMILES string of the molecule is Cc1csc(NC(=O)C2CCN(C(=O)c3cc(Cl)sc3Cl)CC2)n1. The summed E-state index contributed by atoms with van der Waals surface area (Å²) < 4.78 is 0.903. The quantitative estimate of drug-likeness (QED) is 0.829. The zero-order chi connectivity index (χ0) is 17.3. The van der Waals surface area contributed by atoms with Gasteiger partial charge in [0.15, 0.2) is 5.13 Å². The number of thiazole rings is 1. The van der Waals surface area contributed by atoms with Crippen molar-refractivity contribution in [1.82, 2.24) is 9.88 Å². The van der Waals surface area contributed by atoms with Gasteiger partial charge in [0.25, 0.3) is 5.91 Å². The van der Waals surface area contributed by atoms with Crippen LogP contribution in [-0.2, 0) is 4.79 Å². The highest BCUT2D eigenvalue weighted by Gasteiger charge is 2.29. The Bertz CT molecular complexity index is 767. The first-order chi connectivity index (χ1) is 11.4. The smallest absolute Gasteiger partial charge is 0.256 e. The summed E-state index contributed by atoms with van der Waals surface area (Å²) in [5, 5.41) is 5.37. The van der Waals surface area contributed by atoms with Gasteiger partial charge in [-0.05, 0) is 25.8 Å². The number of halogens is 2. The van der Waals surface area contributed by atoms with E-state index in [9.17, 15) is 9.59 Å². The highest BCUT2D eigenvalue weighted by atomic mass is 35.5. The molecule has 5 nitrogen and oxygen atoms in total. The van der Waals surface area contributed by atoms with Crippen molar-refractivity contribution in [2.24, 2.45) is 5.92 Å². The molecule has 0 aromatic carbocycles. The minimum atomic E-state index is -0.127. The molecule has 1 aliphatic heterocycles. The summed E-state index contributed by atoms with van der Waals surface area (Å²) in [4.78, 5) is 30.7. The van der Waals surface area contributed by atoms with Crippen molar-refractivity contribution < 1.29 is 9.59 Å². The fraction of sp³-hybridized carbons (Fsp3) is 0.400. The molecule has 2 amide bonds. The number of piperidine rings is 1. The van der Waals surface area contributed by atoms with Gasteiger partial charge in [0.05, 0.1) is 15.6 Å². The second-order valence-electron chi connectivity index (χ2n) is 5.59. The van der Waals surface area contributed by atoms with Gasteiger partial charge in [-0.2, -0.15) is 0 Å². The molecule has 1 N–H and O–H groups in total. The van der Waals surface area contributed by atoms with E-state index in [1.165, 1.54) is 22.7 Å². The van der Waals surface area contributed by atoms with Crippen molar-refractivity contribution in [3.8, 4) is 0 Å². The summed E-state index contributed by atoms with van der Waals surface area (Å²) in [6.07, 6.45) is 1.24. The van der Waals surface area contributed by atoms with Crippen LogP contribution in [0.15, 0.2) is 11.4 Å². The van der Waals surface area contributed by atoms with Crippen LogP contribution < -0.4 is 5.32 Å². The summed E-state index contributed by atoms with van der Waals surface area (Å²) in [5.41, 5.74) is 1.33. The van der Waals surface area contributed by atoms with Gasteiger partial charge in [0.1, 0.15) is 4.34 Å². The molecule has 0 spiro atoms. The highest BCUT2D eigenvalue weighted by Crippen LogP contribution is 2.33. The van der Waals surface area contributed by atoms with E-state index in [-0.39, 0.29) is 17.7 Å². The highest BCUT2D eigenvalue weighted by molar-refractivity contribution is 7.20. The van der Waals surface area contributed by atoms with E-state index in [4.69, 9.17) is 23.2 Å². The fourth-order valence-electron chi connectivity index (χ4n) is 2.62. The van der Waals surface area contributed by atoms with E-state index in [1.54, 1.807) is 11.0 Å². The Morgan fingerprint density at radius 2 is 2.04 bits per heavy atom. The predicted octanol–water partition coefficient (Wildman–Crippen LogP) is 4.31. The first-order valence-corrected chi connectivity index (χ1v) is 9.86. The molecule has 128 valence electrons. The molecular weight excluding hydrogens is 389 g/mol. The maximum Gasteiger partial charge on any atom is 0.256 e. The van der Waals surface area contributed by atoms with Gasteiger partial charge in [0, 0.05) is 24.4 Å². The molecule has 0 saturated carbocycles. The van der Waals surface area contributed by atoms with Gasteiger partial charge >= 0.3 is 0 Å². The normalized spacial score (nSPS) is 15.5. The van der Waals surface area contributed by atoms with Crippen molar-refractivity contribution in [2.75, 3.05) is 18.4 Å². The van der Waals surface area contributed by atoms with Gasteiger partial charge < -0.3 is 10.2 Å². The first-order valence-electron chi connectivity index (χ1n) is 7.41. The largest absolute Gasteiger partial charge is 0.339 e. The molecule has 0 bridgehead atoms. The zero-order valence-corrected chi connectivity index (χ0v) is 16.0. The second kappa shape index (κ2) is 7.39. The number of thiophene rings is 1. The van der Waals surface area contributed by atoms with Crippen LogP contribution in [0.1, 0.15) is 28.9 Å². The fourth-order valence-corrected chi connectivity index (χ4v) is 4.76. The van der Waals surface area contributed by atoms with E-state index in [0.717, 1.165) is 5.69 Å². The molecule has 1 aliphatic rings. The topological polar surface area (TPSA) is 62.3 Å². The van der Waals surface area contributed by atoms with Gasteiger partial charge in [-0.15, -0.1) is 22.7 Å². The zero-order valence-electron chi connectivity index (χ0n) is 12.8. The Hall–Kier alpha value is -1.15. The molecule has 2 aromatic heterocycles. The Labute approximate surface area is 157 Å². The number of nitrogens with zero attached hydrogens (tertiary/aromatic N) is 2. The number of carbonyl (C=O) groups excluding carboxylic acids is 2. The van der Waals surface area contributed by atoms with E-state index in [0.29, 0.717) is 45.3 Å². The number of hydrogen-bond donors (Lipinski definition) is 1. The van der Waals surface area contributed by atoms with Gasteiger partial charge in [-0.1, -0.05) is 23.2 Å². The molecule has 9 heteroatoms. The lowest BCUT2D eigenvalue weighted by Gasteiger charge is -2.31. The second-order valence-corrected chi connectivity index (χ2v) is 8.73. The Balaban J connectivity index is 1.56. The summed E-state index contributed by atoms with van der Waals surface area (Å²) in [5.74, 6) is -0.273. The predicted molar refractivity (Wildman–Crippen MR) is 98.4 cm³/mol. The molecule has 2 aromatic rings. The molecule has 3 heterocycles. The van der Waals surface area contributed by atoms with Gasteiger partial charge in [-0.25, -0.2) is 4.98 Å². The van der Waals surface area contributed by atoms with Crippen LogP contribution in [0.5, 0.6) is 0 Å². The number of aromatic nitrogens is 1. The average molecular weight is 404 g/mol. The molecular formula is C15H15Cl2N3O2S2. The van der Waals surface area contributed by atoms with Crippen LogP contribution in [0.25, 0.3) is 0 Å². The van der Waals surface area contributed by atoms with Crippen LogP contribution in [-0.4, -0.2) is 34.8 Å². The molecule has 0 atom stereocenters. The monoisotopic (exact) mass is 403 g/mol. The maximum atomic E-state index is 12.5. The minimum Gasteiger partial charge on any atom is -0.339 e. The summed E-state index contributed by atoms with van der Waals surface area (Å²) in [6, 6.07) is 1.60. The third kappa shape index (κ3) is 3.91. The Kier molecular flexibility index (Phi) is 5.44. The lowest BCUT2D eigenvalue weighted by atomic mass is 9.95. The van der Waals surface area contributed by atoms with Crippen LogP contribution in [0.4, 0.5) is 5.13 Å². The molecule has 3 rings (SSSR count). The van der Waals surface area contributed by atoms with E-state index in [2.05, 4.69) is 10.3 Å². The lowest BCUT2D eigenvalue weighted by Crippen LogP contribution is -2.41. The van der Waals surface area contributed by atoms with E-state index >= 15 is 0 Å². The number of amides is 2. The molecule has 0 radical (unpaired) electrons. The third-order valence-electron chi connectivity index (χ3n) is 3.89. The van der Waals surface area contributed by atoms with Crippen LogP contribution in [0, 0.1) is 12.8 Å². The number of anilines is 1. The lowest BCUT2D eigenvalue weighted by molar-refractivity contribution is -0.121. The number of hydrogen-bond acceptors (Lipinski definition) is 5. The summed E-state index contributed by atoms with van der Waals surface area (Å²) in [7, 11) is 0. The molecule has 0 aliphatic carbocycles. The van der Waals surface area contributed by atoms with Crippen molar-refractivity contribution in [1.29, 1.82) is 0 Å². The Morgan fingerprint density at radius 1 is 1.33 bits per heavy atom. The minimum absolute atomic E-state index is 0.0342. The number of aryl methyl sites for hydroxylation is 1. The number of nitrogens with one attached hydrogen (secondary N) is 1. The van der Waals surface area contributed by atoms with Crippen molar-refractivity contribution in [3.63, 3.8) is 0 Å². The van der Waals surface area contributed by atoms with Crippen molar-refractivity contribution in [2.45, 2.75) is 19.8 Å². The summed E-state index contributed by atoms with van der Waals surface area (Å²) >= 11 is 14.5. The molecule has 0 unspecified atom stereocenters. The van der Waals surface area contributed by atoms with Crippen LogP contribution >= 0.6 is 45.9 Å². The maximum absolute atomic E-state index is 12.5. The van der Waals surface area contributed by atoms with E-state index in [1.807, 2.05) is 12.3 Å². The van der Waals surface area contributed by atoms with Gasteiger partial charge in [0.2, 0.25) is 5.91 Å². The standard InChI is InChI=1S/C15H15Cl2N3O2S2/c1-8-7-23-15(18-8)19-13(21)9-2-4-20(5-3-9)14(22)10-6-11(16)24-12(10)17/h6-7,9H,2-5H2,1H3,(H,18,19,21). The number of likely N-dealkylation sites (tertiary alicyclic amines) is 1. The average Bonchev–Trinajstić information content (AvgIpc) is 3.11. The van der Waals surface area contributed by atoms with Crippen LogP contribution in [0.2, 0.25) is 8.67 Å². The Morgan fingerprint density at radius 3 is 2.58 bits per heavy atom.